The Morgan fingerprint density at radius 3 is 2.68 bits per heavy atom. The molecular formula is C18H22N4O2S. The third-order valence-corrected chi connectivity index (χ3v) is 5.26. The standard InChI is InChI=1S/C18H22N4O2S/c1-3-5-12-6-8-14(9-7-12)22-11-13(10-16(22)23)17(24)19-18-21-20-15(4-2)25-18/h6-9,13H,3-5,10-11H2,1-2H3,(H,19,21,24). The summed E-state index contributed by atoms with van der Waals surface area (Å²) in [5, 5.41) is 12.1. The lowest BCUT2D eigenvalue weighted by atomic mass is 10.1. The van der Waals surface area contributed by atoms with Crippen molar-refractivity contribution in [3.63, 3.8) is 0 Å². The summed E-state index contributed by atoms with van der Waals surface area (Å²) in [6.45, 7) is 4.53. The van der Waals surface area contributed by atoms with E-state index in [2.05, 4.69) is 22.4 Å². The van der Waals surface area contributed by atoms with Gasteiger partial charge in [-0.2, -0.15) is 0 Å². The summed E-state index contributed by atoms with van der Waals surface area (Å²) in [6, 6.07) is 8.02. The van der Waals surface area contributed by atoms with Gasteiger partial charge in [-0.15, -0.1) is 10.2 Å². The van der Waals surface area contributed by atoms with Crippen LogP contribution in [-0.4, -0.2) is 28.6 Å². The fraction of sp³-hybridized carbons (Fsp3) is 0.444. The minimum Gasteiger partial charge on any atom is -0.312 e. The first kappa shape index (κ1) is 17.5. The highest BCUT2D eigenvalue weighted by Gasteiger charge is 2.35. The molecule has 1 unspecified atom stereocenters. The Morgan fingerprint density at radius 2 is 2.04 bits per heavy atom. The third-order valence-electron chi connectivity index (χ3n) is 4.28. The van der Waals surface area contributed by atoms with Gasteiger partial charge in [-0.05, 0) is 30.5 Å². The fourth-order valence-electron chi connectivity index (χ4n) is 2.92. The predicted octanol–water partition coefficient (Wildman–Crippen LogP) is 3.04. The summed E-state index contributed by atoms with van der Waals surface area (Å²) in [7, 11) is 0. The highest BCUT2D eigenvalue weighted by molar-refractivity contribution is 7.15. The molecule has 1 aliphatic rings. The van der Waals surface area contributed by atoms with E-state index in [9.17, 15) is 9.59 Å². The van der Waals surface area contributed by atoms with Crippen LogP contribution in [0, 0.1) is 5.92 Å². The van der Waals surface area contributed by atoms with Crippen molar-refractivity contribution in [1.82, 2.24) is 10.2 Å². The Kier molecular flexibility index (Phi) is 5.43. The van der Waals surface area contributed by atoms with Crippen molar-refractivity contribution in [1.29, 1.82) is 0 Å². The molecule has 0 radical (unpaired) electrons. The van der Waals surface area contributed by atoms with Gasteiger partial charge in [-0.3, -0.25) is 9.59 Å². The van der Waals surface area contributed by atoms with Crippen LogP contribution in [0.15, 0.2) is 24.3 Å². The second-order valence-electron chi connectivity index (χ2n) is 6.17. The first-order valence-electron chi connectivity index (χ1n) is 8.63. The number of carbonyl (C=O) groups is 2. The molecule has 132 valence electrons. The van der Waals surface area contributed by atoms with Crippen LogP contribution in [0.3, 0.4) is 0 Å². The Morgan fingerprint density at radius 1 is 1.28 bits per heavy atom. The molecule has 1 aliphatic heterocycles. The summed E-state index contributed by atoms with van der Waals surface area (Å²) in [4.78, 5) is 26.4. The van der Waals surface area contributed by atoms with Gasteiger partial charge in [0.15, 0.2) is 0 Å². The maximum atomic E-state index is 12.4. The van der Waals surface area contributed by atoms with Crippen LogP contribution in [0.5, 0.6) is 0 Å². The second kappa shape index (κ2) is 7.74. The molecule has 0 aliphatic carbocycles. The normalized spacial score (nSPS) is 17.1. The molecule has 1 atom stereocenters. The minimum absolute atomic E-state index is 0.0186. The van der Waals surface area contributed by atoms with E-state index in [1.807, 2.05) is 31.2 Å². The van der Waals surface area contributed by atoms with Crippen LogP contribution < -0.4 is 10.2 Å². The van der Waals surface area contributed by atoms with E-state index in [-0.39, 0.29) is 24.2 Å². The number of anilines is 2. The van der Waals surface area contributed by atoms with Crippen LogP contribution in [0.4, 0.5) is 10.8 Å². The lowest BCUT2D eigenvalue weighted by Gasteiger charge is -2.17. The number of nitrogens with one attached hydrogen (secondary N) is 1. The third kappa shape index (κ3) is 4.04. The zero-order valence-electron chi connectivity index (χ0n) is 14.5. The number of benzene rings is 1. The van der Waals surface area contributed by atoms with Gasteiger partial charge >= 0.3 is 0 Å². The van der Waals surface area contributed by atoms with E-state index >= 15 is 0 Å². The molecular weight excluding hydrogens is 336 g/mol. The highest BCUT2D eigenvalue weighted by Crippen LogP contribution is 2.27. The number of amides is 2. The molecule has 3 rings (SSSR count). The molecule has 25 heavy (non-hydrogen) atoms. The molecule has 1 fully saturated rings. The van der Waals surface area contributed by atoms with Gasteiger partial charge < -0.3 is 10.2 Å². The molecule has 1 N–H and O–H groups in total. The van der Waals surface area contributed by atoms with Crippen molar-refractivity contribution in [3.05, 3.63) is 34.8 Å². The summed E-state index contributed by atoms with van der Waals surface area (Å²) in [5.41, 5.74) is 2.11. The number of nitrogens with zero attached hydrogens (tertiary/aromatic N) is 3. The van der Waals surface area contributed by atoms with Gasteiger partial charge in [-0.25, -0.2) is 0 Å². The Balaban J connectivity index is 1.64. The van der Waals surface area contributed by atoms with Gasteiger partial charge in [0, 0.05) is 18.7 Å². The molecule has 0 saturated carbocycles. The molecule has 2 heterocycles. The fourth-order valence-corrected chi connectivity index (χ4v) is 3.60. The molecule has 1 aromatic carbocycles. The second-order valence-corrected chi connectivity index (χ2v) is 7.23. The number of hydrogen-bond acceptors (Lipinski definition) is 5. The molecule has 2 amide bonds. The van der Waals surface area contributed by atoms with E-state index in [0.29, 0.717) is 11.7 Å². The first-order valence-corrected chi connectivity index (χ1v) is 9.45. The molecule has 1 aromatic heterocycles. The predicted molar refractivity (Wildman–Crippen MR) is 98.8 cm³/mol. The summed E-state index contributed by atoms with van der Waals surface area (Å²) in [5.74, 6) is -0.552. The molecule has 0 spiro atoms. The van der Waals surface area contributed by atoms with Crippen LogP contribution in [-0.2, 0) is 22.4 Å². The SMILES string of the molecule is CCCc1ccc(N2CC(C(=O)Nc3nnc(CC)s3)CC2=O)cc1. The molecule has 6 nitrogen and oxygen atoms in total. The van der Waals surface area contributed by atoms with Crippen molar-refractivity contribution in [2.24, 2.45) is 5.92 Å². The zero-order valence-corrected chi connectivity index (χ0v) is 15.3. The van der Waals surface area contributed by atoms with Crippen molar-refractivity contribution in [2.45, 2.75) is 39.5 Å². The monoisotopic (exact) mass is 358 g/mol. The Bertz CT molecular complexity index is 757. The zero-order chi connectivity index (χ0) is 17.8. The van der Waals surface area contributed by atoms with Crippen LogP contribution >= 0.6 is 11.3 Å². The summed E-state index contributed by atoms with van der Waals surface area (Å²) < 4.78 is 0. The number of rotatable bonds is 6. The largest absolute Gasteiger partial charge is 0.312 e. The molecule has 7 heteroatoms. The molecule has 0 bridgehead atoms. The van der Waals surface area contributed by atoms with E-state index in [1.54, 1.807) is 4.90 Å². The van der Waals surface area contributed by atoms with Gasteiger partial charge in [0.1, 0.15) is 5.01 Å². The number of carbonyl (C=O) groups excluding carboxylic acids is 2. The lowest BCUT2D eigenvalue weighted by Crippen LogP contribution is -2.28. The average molecular weight is 358 g/mol. The van der Waals surface area contributed by atoms with Gasteiger partial charge in [0.2, 0.25) is 16.9 Å². The number of hydrogen-bond donors (Lipinski definition) is 1. The van der Waals surface area contributed by atoms with Gasteiger partial charge in [-0.1, -0.05) is 43.7 Å². The summed E-state index contributed by atoms with van der Waals surface area (Å²) in [6.07, 6.45) is 3.13. The smallest absolute Gasteiger partial charge is 0.231 e. The van der Waals surface area contributed by atoms with E-state index < -0.39 is 0 Å². The van der Waals surface area contributed by atoms with E-state index in [1.165, 1.54) is 16.9 Å². The van der Waals surface area contributed by atoms with Crippen molar-refractivity contribution < 1.29 is 9.59 Å². The first-order chi connectivity index (χ1) is 12.1. The van der Waals surface area contributed by atoms with Crippen LogP contribution in [0.25, 0.3) is 0 Å². The number of aryl methyl sites for hydroxylation is 2. The maximum Gasteiger partial charge on any atom is 0.231 e. The Labute approximate surface area is 151 Å². The molecule has 2 aromatic rings. The van der Waals surface area contributed by atoms with Gasteiger partial charge in [0.25, 0.3) is 0 Å². The van der Waals surface area contributed by atoms with Crippen LogP contribution in [0.2, 0.25) is 0 Å². The van der Waals surface area contributed by atoms with Gasteiger partial charge in [0.05, 0.1) is 5.92 Å². The minimum atomic E-state index is -0.364. The highest BCUT2D eigenvalue weighted by atomic mass is 32.1. The maximum absolute atomic E-state index is 12.4. The topological polar surface area (TPSA) is 75.2 Å². The van der Waals surface area contributed by atoms with Crippen molar-refractivity contribution >= 4 is 34.0 Å². The van der Waals surface area contributed by atoms with Crippen molar-refractivity contribution in [2.75, 3.05) is 16.8 Å². The number of aromatic nitrogens is 2. The average Bonchev–Trinajstić information content (AvgIpc) is 3.22. The van der Waals surface area contributed by atoms with E-state index in [0.717, 1.165) is 30.0 Å². The lowest BCUT2D eigenvalue weighted by molar-refractivity contribution is -0.122. The van der Waals surface area contributed by atoms with Crippen molar-refractivity contribution in [3.8, 4) is 0 Å². The molecule has 1 saturated heterocycles. The quantitative estimate of drug-likeness (QED) is 0.861. The summed E-state index contributed by atoms with van der Waals surface area (Å²) >= 11 is 1.37. The van der Waals surface area contributed by atoms with E-state index in [4.69, 9.17) is 0 Å². The van der Waals surface area contributed by atoms with Crippen LogP contribution in [0.1, 0.15) is 37.3 Å². The Hall–Kier alpha value is -2.28.